The molecule has 2 rings (SSSR count). The third-order valence-corrected chi connectivity index (χ3v) is 4.88. The molecule has 20 heavy (non-hydrogen) atoms. The van der Waals surface area contributed by atoms with Gasteiger partial charge in [0.2, 0.25) is 0 Å². The quantitative estimate of drug-likeness (QED) is 0.605. The molecule has 1 aromatic carbocycles. The fraction of sp³-hybridized carbons (Fsp3) is 0.533. The van der Waals surface area contributed by atoms with E-state index in [4.69, 9.17) is 11.6 Å². The van der Waals surface area contributed by atoms with Gasteiger partial charge in [-0.15, -0.1) is 11.6 Å². The highest BCUT2D eigenvalue weighted by molar-refractivity contribution is 14.1. The topological polar surface area (TPSA) is 40.5 Å². The molecule has 0 aliphatic heterocycles. The van der Waals surface area contributed by atoms with Gasteiger partial charge < -0.3 is 10.0 Å². The summed E-state index contributed by atoms with van der Waals surface area (Å²) in [6.07, 6.45) is 5.71. The molecule has 3 nitrogen and oxygen atoms in total. The molecule has 1 saturated carbocycles. The third-order valence-electron chi connectivity index (χ3n) is 3.79. The molecule has 0 atom stereocenters. The molecule has 1 aliphatic rings. The van der Waals surface area contributed by atoms with Gasteiger partial charge in [0.25, 0.3) is 5.91 Å². The van der Waals surface area contributed by atoms with Crippen LogP contribution in [0.4, 0.5) is 0 Å². The van der Waals surface area contributed by atoms with E-state index < -0.39 is 0 Å². The van der Waals surface area contributed by atoms with Crippen molar-refractivity contribution in [1.29, 1.82) is 0 Å². The highest BCUT2D eigenvalue weighted by Crippen LogP contribution is 2.26. The monoisotopic (exact) mass is 407 g/mol. The molecule has 1 N–H and O–H groups in total. The van der Waals surface area contributed by atoms with Gasteiger partial charge in [-0.2, -0.15) is 0 Å². The first kappa shape index (κ1) is 15.9. The number of hydrogen-bond donors (Lipinski definition) is 1. The third kappa shape index (κ3) is 3.79. The van der Waals surface area contributed by atoms with Gasteiger partial charge in [0.15, 0.2) is 0 Å². The van der Waals surface area contributed by atoms with Crippen LogP contribution in [0.5, 0.6) is 5.75 Å². The van der Waals surface area contributed by atoms with E-state index in [2.05, 4.69) is 0 Å². The van der Waals surface area contributed by atoms with Crippen LogP contribution < -0.4 is 0 Å². The molecule has 1 fully saturated rings. The van der Waals surface area contributed by atoms with E-state index in [1.807, 2.05) is 27.5 Å². The van der Waals surface area contributed by atoms with Crippen LogP contribution in [0.15, 0.2) is 18.2 Å². The molecule has 1 aliphatic carbocycles. The molecular formula is C15H19ClINO2. The Hall–Kier alpha value is -0.490. The summed E-state index contributed by atoms with van der Waals surface area (Å²) >= 11 is 7.90. The Morgan fingerprint density at radius 2 is 2.05 bits per heavy atom. The minimum Gasteiger partial charge on any atom is -0.507 e. The van der Waals surface area contributed by atoms with Gasteiger partial charge in [0.05, 0.1) is 3.57 Å². The summed E-state index contributed by atoms with van der Waals surface area (Å²) in [7, 11) is 0. The Morgan fingerprint density at radius 1 is 1.35 bits per heavy atom. The average molecular weight is 408 g/mol. The second kappa shape index (κ2) is 7.50. The van der Waals surface area contributed by atoms with E-state index in [1.165, 1.54) is 19.3 Å². The van der Waals surface area contributed by atoms with Crippen molar-refractivity contribution in [3.8, 4) is 5.75 Å². The maximum absolute atomic E-state index is 12.7. The number of amides is 1. The van der Waals surface area contributed by atoms with E-state index in [9.17, 15) is 9.90 Å². The lowest BCUT2D eigenvalue weighted by molar-refractivity contribution is 0.0649. The average Bonchev–Trinajstić information content (AvgIpc) is 2.48. The summed E-state index contributed by atoms with van der Waals surface area (Å²) < 4.78 is 0.751. The molecule has 0 aromatic heterocycles. The summed E-state index contributed by atoms with van der Waals surface area (Å²) in [5.41, 5.74) is 0.540. The maximum Gasteiger partial charge on any atom is 0.254 e. The molecule has 1 amide bonds. The largest absolute Gasteiger partial charge is 0.507 e. The number of halogens is 2. The SMILES string of the molecule is O=C(c1ccc(I)c(O)c1)N(CCCl)C1CCCCC1. The Bertz CT molecular complexity index is 475. The lowest BCUT2D eigenvalue weighted by atomic mass is 9.93. The van der Waals surface area contributed by atoms with Crippen molar-refractivity contribution in [2.24, 2.45) is 0 Å². The molecule has 0 heterocycles. The predicted molar refractivity (Wildman–Crippen MR) is 89.5 cm³/mol. The lowest BCUT2D eigenvalue weighted by Gasteiger charge is -2.34. The predicted octanol–water partition coefficient (Wildman–Crippen LogP) is 4.01. The van der Waals surface area contributed by atoms with E-state index in [0.29, 0.717) is 18.0 Å². The Morgan fingerprint density at radius 3 is 2.65 bits per heavy atom. The van der Waals surface area contributed by atoms with Crippen LogP contribution in [-0.4, -0.2) is 34.4 Å². The number of nitrogens with zero attached hydrogens (tertiary/aromatic N) is 1. The van der Waals surface area contributed by atoms with Crippen molar-refractivity contribution in [1.82, 2.24) is 4.90 Å². The van der Waals surface area contributed by atoms with Gasteiger partial charge in [-0.25, -0.2) is 0 Å². The van der Waals surface area contributed by atoms with Crippen molar-refractivity contribution in [3.05, 3.63) is 27.3 Å². The molecule has 0 spiro atoms. The fourth-order valence-electron chi connectivity index (χ4n) is 2.75. The summed E-state index contributed by atoms with van der Waals surface area (Å²) in [5.74, 6) is 0.577. The van der Waals surface area contributed by atoms with Crippen molar-refractivity contribution >= 4 is 40.1 Å². The van der Waals surface area contributed by atoms with E-state index >= 15 is 0 Å². The van der Waals surface area contributed by atoms with Gasteiger partial charge in [0.1, 0.15) is 5.75 Å². The molecule has 0 radical (unpaired) electrons. The minimum absolute atomic E-state index is 0.0238. The van der Waals surface area contributed by atoms with Gasteiger partial charge in [-0.05, 0) is 53.6 Å². The number of phenolic OH excluding ortho intramolecular Hbond substituents is 1. The van der Waals surface area contributed by atoms with E-state index in [-0.39, 0.29) is 17.7 Å². The van der Waals surface area contributed by atoms with Crippen molar-refractivity contribution in [3.63, 3.8) is 0 Å². The fourth-order valence-corrected chi connectivity index (χ4v) is 3.26. The number of hydrogen-bond acceptors (Lipinski definition) is 2. The van der Waals surface area contributed by atoms with Crippen molar-refractivity contribution < 1.29 is 9.90 Å². The standard InChI is InChI=1S/C15H19ClINO2/c16-8-9-18(12-4-2-1-3-5-12)15(20)11-6-7-13(17)14(19)10-11/h6-7,10,12,19H,1-5,8-9H2. The zero-order valence-electron chi connectivity index (χ0n) is 11.3. The van der Waals surface area contributed by atoms with Crippen LogP contribution in [0.3, 0.4) is 0 Å². The van der Waals surface area contributed by atoms with Crippen LogP contribution >= 0.6 is 34.2 Å². The van der Waals surface area contributed by atoms with Crippen molar-refractivity contribution in [2.75, 3.05) is 12.4 Å². The molecular weight excluding hydrogens is 389 g/mol. The lowest BCUT2D eigenvalue weighted by Crippen LogP contribution is -2.42. The summed E-state index contributed by atoms with van der Waals surface area (Å²) in [4.78, 5) is 14.5. The van der Waals surface area contributed by atoms with Crippen molar-refractivity contribution in [2.45, 2.75) is 38.1 Å². The smallest absolute Gasteiger partial charge is 0.254 e. The molecule has 0 unspecified atom stereocenters. The molecule has 0 saturated heterocycles. The first-order valence-electron chi connectivity index (χ1n) is 6.99. The van der Waals surface area contributed by atoms with Gasteiger partial charge in [-0.1, -0.05) is 19.3 Å². The number of benzene rings is 1. The highest BCUT2D eigenvalue weighted by atomic mass is 127. The zero-order chi connectivity index (χ0) is 14.5. The summed E-state index contributed by atoms with van der Waals surface area (Å²) in [6.45, 7) is 0.567. The number of rotatable bonds is 4. The maximum atomic E-state index is 12.7. The van der Waals surface area contributed by atoms with E-state index in [1.54, 1.807) is 18.2 Å². The van der Waals surface area contributed by atoms with Crippen LogP contribution in [0.2, 0.25) is 0 Å². The number of phenols is 1. The first-order chi connectivity index (χ1) is 9.63. The number of carbonyl (C=O) groups is 1. The molecule has 1 aromatic rings. The molecule has 0 bridgehead atoms. The van der Waals surface area contributed by atoms with Crippen LogP contribution in [0.25, 0.3) is 0 Å². The van der Waals surface area contributed by atoms with Gasteiger partial charge in [0, 0.05) is 24.0 Å². The number of carbonyl (C=O) groups excluding carboxylic acids is 1. The molecule has 110 valence electrons. The molecule has 5 heteroatoms. The van der Waals surface area contributed by atoms with Crippen LogP contribution in [-0.2, 0) is 0 Å². The zero-order valence-corrected chi connectivity index (χ0v) is 14.2. The Kier molecular flexibility index (Phi) is 5.96. The Balaban J connectivity index is 2.18. The summed E-state index contributed by atoms with van der Waals surface area (Å²) in [5, 5.41) is 9.77. The highest BCUT2D eigenvalue weighted by Gasteiger charge is 2.26. The first-order valence-corrected chi connectivity index (χ1v) is 8.60. The summed E-state index contributed by atoms with van der Waals surface area (Å²) in [6, 6.07) is 5.38. The minimum atomic E-state index is -0.0238. The van der Waals surface area contributed by atoms with Crippen LogP contribution in [0.1, 0.15) is 42.5 Å². The van der Waals surface area contributed by atoms with Gasteiger partial charge >= 0.3 is 0 Å². The second-order valence-electron chi connectivity index (χ2n) is 5.15. The number of aromatic hydroxyl groups is 1. The van der Waals surface area contributed by atoms with Gasteiger partial charge in [-0.3, -0.25) is 4.79 Å². The van der Waals surface area contributed by atoms with E-state index in [0.717, 1.165) is 16.4 Å². The number of alkyl halides is 1. The second-order valence-corrected chi connectivity index (χ2v) is 6.69. The normalized spacial score (nSPS) is 16.1. The Labute approximate surface area is 138 Å². The van der Waals surface area contributed by atoms with Crippen LogP contribution in [0, 0.1) is 3.57 Å².